The molecule has 96 heavy (non-hydrogen) atoms. The summed E-state index contributed by atoms with van der Waals surface area (Å²) in [5.74, 6) is 0.206. The van der Waals surface area contributed by atoms with Crippen LogP contribution in [0.5, 0.6) is 0 Å². The number of phosphoric ester groups is 2. The highest BCUT2D eigenvalue weighted by atomic mass is 31.2. The van der Waals surface area contributed by atoms with Crippen LogP contribution in [0, 0.1) is 17.8 Å². The van der Waals surface area contributed by atoms with E-state index >= 15 is 0 Å². The van der Waals surface area contributed by atoms with Crippen molar-refractivity contribution < 1.29 is 80.2 Å². The minimum atomic E-state index is -4.96. The predicted octanol–water partition coefficient (Wildman–Crippen LogP) is 22.6. The summed E-state index contributed by atoms with van der Waals surface area (Å²) in [6.07, 6.45) is 53.9. The molecule has 2 unspecified atom stereocenters. The van der Waals surface area contributed by atoms with Gasteiger partial charge in [-0.15, -0.1) is 0 Å². The lowest BCUT2D eigenvalue weighted by atomic mass is 10.0. The van der Waals surface area contributed by atoms with Crippen LogP contribution in [0.1, 0.15) is 395 Å². The second kappa shape index (κ2) is 67.5. The monoisotopic (exact) mass is 1410 g/mol. The highest BCUT2D eigenvalue weighted by molar-refractivity contribution is 7.47. The van der Waals surface area contributed by atoms with Gasteiger partial charge in [0.05, 0.1) is 26.4 Å². The Hall–Kier alpha value is -1.94. The van der Waals surface area contributed by atoms with Gasteiger partial charge in [-0.1, -0.05) is 344 Å². The fourth-order valence-electron chi connectivity index (χ4n) is 11.8. The zero-order valence-electron chi connectivity index (χ0n) is 62.8. The first-order valence-electron chi connectivity index (χ1n) is 39.8. The first-order valence-corrected chi connectivity index (χ1v) is 42.8. The molecule has 0 aromatic rings. The summed E-state index contributed by atoms with van der Waals surface area (Å²) in [4.78, 5) is 72.9. The Kier molecular flexibility index (Phi) is 66.2. The van der Waals surface area contributed by atoms with Gasteiger partial charge in [-0.25, -0.2) is 9.13 Å². The molecule has 0 bridgehead atoms. The molecule has 0 saturated carbocycles. The first kappa shape index (κ1) is 94.1. The first-order chi connectivity index (χ1) is 46.2. The van der Waals surface area contributed by atoms with Crippen molar-refractivity contribution in [3.63, 3.8) is 0 Å². The van der Waals surface area contributed by atoms with Crippen LogP contribution >= 0.6 is 15.6 Å². The number of carbonyl (C=O) groups excluding carboxylic acids is 4. The molecule has 0 rings (SSSR count). The van der Waals surface area contributed by atoms with Crippen molar-refractivity contribution in [2.75, 3.05) is 39.6 Å². The standard InChI is InChI=1S/C77H150O17P2/c1-8-9-10-11-12-13-14-22-30-37-44-51-58-74(79)87-65-73(94-77(82)61-54-47-40-33-26-25-29-36-43-50-57-70(6)7)67-92-96(85,86)90-63-71(78)62-89-95(83,84)91-66-72(64-88-75(80)59-52-45-38-31-23-19-18-21-28-35-42-49-56-69(4)5)93-76(81)60-53-46-39-32-24-17-15-16-20-27-34-41-48-55-68(2)3/h68-73,78H,8-67H2,1-7H3,(H,83,84)(H,85,86)/t71-,72-,73-/m1/s1. The molecule has 570 valence electrons. The third kappa shape index (κ3) is 70.5. The van der Waals surface area contributed by atoms with Crippen LogP contribution in [0.2, 0.25) is 0 Å². The molecular formula is C77H150O17P2. The van der Waals surface area contributed by atoms with E-state index in [9.17, 15) is 43.2 Å². The molecule has 0 fully saturated rings. The number of aliphatic hydroxyl groups is 1. The highest BCUT2D eigenvalue weighted by Gasteiger charge is 2.30. The molecule has 0 radical (unpaired) electrons. The number of phosphoric acid groups is 2. The summed E-state index contributed by atoms with van der Waals surface area (Å²) in [7, 11) is -9.91. The van der Waals surface area contributed by atoms with E-state index in [1.54, 1.807) is 0 Å². The zero-order valence-corrected chi connectivity index (χ0v) is 64.6. The van der Waals surface area contributed by atoms with E-state index in [2.05, 4.69) is 48.5 Å². The molecule has 5 atom stereocenters. The van der Waals surface area contributed by atoms with Gasteiger partial charge in [-0.2, -0.15) is 0 Å². The molecule has 3 N–H and O–H groups in total. The highest BCUT2D eigenvalue weighted by Crippen LogP contribution is 2.45. The topological polar surface area (TPSA) is 237 Å². The maximum absolute atomic E-state index is 13.1. The van der Waals surface area contributed by atoms with E-state index in [0.717, 1.165) is 108 Å². The molecule has 0 aromatic heterocycles. The Morgan fingerprint density at radius 1 is 0.281 bits per heavy atom. The van der Waals surface area contributed by atoms with Crippen molar-refractivity contribution in [3.8, 4) is 0 Å². The molecule has 0 aliphatic heterocycles. The van der Waals surface area contributed by atoms with Gasteiger partial charge >= 0.3 is 39.5 Å². The average Bonchev–Trinajstić information content (AvgIpc) is 1.51. The van der Waals surface area contributed by atoms with Gasteiger partial charge in [0.1, 0.15) is 19.3 Å². The Balaban J connectivity index is 5.27. The van der Waals surface area contributed by atoms with Crippen LogP contribution in [0.25, 0.3) is 0 Å². The molecule has 19 heteroatoms. The summed E-state index contributed by atoms with van der Waals surface area (Å²) >= 11 is 0. The van der Waals surface area contributed by atoms with Crippen LogP contribution in [-0.4, -0.2) is 96.7 Å². The van der Waals surface area contributed by atoms with E-state index < -0.39 is 97.5 Å². The summed E-state index contributed by atoms with van der Waals surface area (Å²) in [5.41, 5.74) is 0. The van der Waals surface area contributed by atoms with Crippen LogP contribution in [0.3, 0.4) is 0 Å². The fraction of sp³-hybridized carbons (Fsp3) is 0.948. The normalized spacial score (nSPS) is 14.1. The summed E-state index contributed by atoms with van der Waals surface area (Å²) < 4.78 is 68.6. The number of aliphatic hydroxyl groups excluding tert-OH is 1. The maximum Gasteiger partial charge on any atom is 0.472 e. The van der Waals surface area contributed by atoms with Gasteiger partial charge in [0.2, 0.25) is 0 Å². The largest absolute Gasteiger partial charge is 0.472 e. The molecule has 0 aliphatic carbocycles. The number of unbranched alkanes of at least 4 members (excludes halogenated alkanes) is 43. The van der Waals surface area contributed by atoms with Gasteiger partial charge in [0.25, 0.3) is 0 Å². The Labute approximate surface area is 588 Å². The van der Waals surface area contributed by atoms with E-state index in [1.807, 2.05) is 0 Å². The molecule has 0 spiro atoms. The van der Waals surface area contributed by atoms with Crippen LogP contribution in [-0.2, 0) is 65.4 Å². The van der Waals surface area contributed by atoms with Crippen molar-refractivity contribution >= 4 is 39.5 Å². The fourth-order valence-corrected chi connectivity index (χ4v) is 13.4. The van der Waals surface area contributed by atoms with Crippen molar-refractivity contribution in [3.05, 3.63) is 0 Å². The van der Waals surface area contributed by atoms with Crippen LogP contribution < -0.4 is 0 Å². The lowest BCUT2D eigenvalue weighted by Gasteiger charge is -2.21. The van der Waals surface area contributed by atoms with Gasteiger partial charge in [-0.05, 0) is 43.4 Å². The second-order valence-corrected chi connectivity index (χ2v) is 32.1. The Bertz CT molecular complexity index is 1870. The molecule has 0 heterocycles. The second-order valence-electron chi connectivity index (χ2n) is 29.2. The minimum absolute atomic E-state index is 0.106. The predicted molar refractivity (Wildman–Crippen MR) is 391 cm³/mol. The third-order valence-electron chi connectivity index (χ3n) is 17.9. The summed E-state index contributed by atoms with van der Waals surface area (Å²) in [6.45, 7) is 11.9. The number of hydrogen-bond donors (Lipinski definition) is 3. The van der Waals surface area contributed by atoms with E-state index in [-0.39, 0.29) is 25.7 Å². The number of esters is 4. The number of ether oxygens (including phenoxy) is 4. The minimum Gasteiger partial charge on any atom is -0.462 e. The average molecular weight is 1410 g/mol. The lowest BCUT2D eigenvalue weighted by molar-refractivity contribution is -0.161. The third-order valence-corrected chi connectivity index (χ3v) is 19.8. The number of rotatable bonds is 75. The van der Waals surface area contributed by atoms with Crippen molar-refractivity contribution in [2.24, 2.45) is 17.8 Å². The molecule has 0 saturated heterocycles. The maximum atomic E-state index is 13.1. The lowest BCUT2D eigenvalue weighted by Crippen LogP contribution is -2.30. The Morgan fingerprint density at radius 2 is 0.479 bits per heavy atom. The van der Waals surface area contributed by atoms with Crippen molar-refractivity contribution in [1.29, 1.82) is 0 Å². The SMILES string of the molecule is CCCCCCCCCCCCCCC(=O)OC[C@H](COP(=O)(O)OC[C@H](O)COP(=O)(O)OC[C@@H](COC(=O)CCCCCCCCCCCCCCC(C)C)OC(=O)CCCCCCCCCCCCCCCC(C)C)OC(=O)CCCCCCCCCCCCC(C)C. The Morgan fingerprint density at radius 3 is 0.708 bits per heavy atom. The van der Waals surface area contributed by atoms with E-state index in [1.165, 1.54) is 205 Å². The molecule has 0 aromatic carbocycles. The van der Waals surface area contributed by atoms with Crippen LogP contribution in [0.4, 0.5) is 0 Å². The van der Waals surface area contributed by atoms with E-state index in [0.29, 0.717) is 25.7 Å². The quantitative estimate of drug-likeness (QED) is 0.0222. The molecular weight excluding hydrogens is 1260 g/mol. The van der Waals surface area contributed by atoms with Crippen molar-refractivity contribution in [2.45, 2.75) is 414 Å². The van der Waals surface area contributed by atoms with Gasteiger partial charge < -0.3 is 33.8 Å². The van der Waals surface area contributed by atoms with Gasteiger partial charge in [-0.3, -0.25) is 37.3 Å². The summed E-state index contributed by atoms with van der Waals surface area (Å²) in [6, 6.07) is 0. The van der Waals surface area contributed by atoms with E-state index in [4.69, 9.17) is 37.0 Å². The number of carbonyl (C=O) groups is 4. The zero-order chi connectivity index (χ0) is 70.9. The smallest absolute Gasteiger partial charge is 0.462 e. The number of hydrogen-bond acceptors (Lipinski definition) is 15. The van der Waals surface area contributed by atoms with Gasteiger partial charge in [0, 0.05) is 25.7 Å². The van der Waals surface area contributed by atoms with Crippen LogP contribution in [0.15, 0.2) is 0 Å². The molecule has 17 nitrogen and oxygen atoms in total. The van der Waals surface area contributed by atoms with Gasteiger partial charge in [0.15, 0.2) is 12.2 Å². The summed E-state index contributed by atoms with van der Waals surface area (Å²) in [5, 5.41) is 10.6. The molecule has 0 amide bonds. The molecule has 0 aliphatic rings. The van der Waals surface area contributed by atoms with Crippen molar-refractivity contribution in [1.82, 2.24) is 0 Å².